The third-order valence-corrected chi connectivity index (χ3v) is 5.88. The molecule has 0 radical (unpaired) electrons. The lowest BCUT2D eigenvalue weighted by Gasteiger charge is -2.11. The number of benzene rings is 3. The van der Waals surface area contributed by atoms with Gasteiger partial charge in [0.2, 0.25) is 0 Å². The number of para-hydroxylation sites is 1. The van der Waals surface area contributed by atoms with Crippen molar-refractivity contribution >= 4 is 22.9 Å². The highest BCUT2D eigenvalue weighted by atomic mass is 32.1. The van der Waals surface area contributed by atoms with Crippen LogP contribution in [0, 0.1) is 5.82 Å². The summed E-state index contributed by atoms with van der Waals surface area (Å²) in [6.45, 7) is 4.15. The molecule has 4 rings (SSSR count). The number of hydrogen-bond donors (Lipinski definition) is 1. The number of thiazole rings is 1. The van der Waals surface area contributed by atoms with Crippen LogP contribution in [0.15, 0.2) is 78.2 Å². The average molecular weight is 447 g/mol. The molecule has 0 aliphatic carbocycles. The van der Waals surface area contributed by atoms with E-state index in [4.69, 9.17) is 4.74 Å². The Balaban J connectivity index is 1.46. The largest absolute Gasteiger partial charge is 0.484 e. The maximum Gasteiger partial charge on any atom is 0.262 e. The minimum absolute atomic E-state index is 0.104. The molecule has 0 atom stereocenters. The molecular weight excluding hydrogens is 423 g/mol. The molecule has 1 aromatic heterocycles. The smallest absolute Gasteiger partial charge is 0.262 e. The summed E-state index contributed by atoms with van der Waals surface area (Å²) in [5, 5.41) is 5.35. The van der Waals surface area contributed by atoms with E-state index in [2.05, 4.69) is 24.1 Å². The SMILES string of the molecule is CC(C)c1ccc(OCC(=O)Nc2ccccc2-c2csc(-c3ccccc3F)n2)cc1. The Kier molecular flexibility index (Phi) is 6.61. The molecule has 0 saturated carbocycles. The number of ether oxygens (including phenoxy) is 1. The second-order valence-electron chi connectivity index (χ2n) is 7.62. The zero-order chi connectivity index (χ0) is 22.5. The molecule has 0 spiro atoms. The Morgan fingerprint density at radius 3 is 2.41 bits per heavy atom. The summed E-state index contributed by atoms with van der Waals surface area (Å²) in [5.74, 6) is 0.504. The first-order chi connectivity index (χ1) is 15.5. The lowest BCUT2D eigenvalue weighted by atomic mass is 10.0. The molecule has 1 amide bonds. The minimum atomic E-state index is -0.312. The van der Waals surface area contributed by atoms with Crippen LogP contribution in [-0.4, -0.2) is 17.5 Å². The summed E-state index contributed by atoms with van der Waals surface area (Å²) in [6, 6.07) is 21.7. The Bertz CT molecular complexity index is 1220. The van der Waals surface area contributed by atoms with E-state index in [-0.39, 0.29) is 18.3 Å². The monoisotopic (exact) mass is 446 g/mol. The maximum absolute atomic E-state index is 14.1. The van der Waals surface area contributed by atoms with Crippen LogP contribution in [0.5, 0.6) is 5.75 Å². The summed E-state index contributed by atoms with van der Waals surface area (Å²) in [7, 11) is 0. The van der Waals surface area contributed by atoms with Gasteiger partial charge in [-0.25, -0.2) is 9.37 Å². The number of halogens is 1. The topological polar surface area (TPSA) is 51.2 Å². The number of hydrogen-bond acceptors (Lipinski definition) is 4. The third-order valence-electron chi connectivity index (χ3n) is 5.00. The van der Waals surface area contributed by atoms with Crippen LogP contribution < -0.4 is 10.1 Å². The highest BCUT2D eigenvalue weighted by Gasteiger charge is 2.14. The zero-order valence-corrected chi connectivity index (χ0v) is 18.7. The Morgan fingerprint density at radius 2 is 1.69 bits per heavy atom. The molecule has 0 fully saturated rings. The summed E-state index contributed by atoms with van der Waals surface area (Å²) in [4.78, 5) is 17.1. The highest BCUT2D eigenvalue weighted by molar-refractivity contribution is 7.13. The van der Waals surface area contributed by atoms with Gasteiger partial charge in [0.15, 0.2) is 6.61 Å². The summed E-state index contributed by atoms with van der Waals surface area (Å²) >= 11 is 1.36. The van der Waals surface area contributed by atoms with Crippen molar-refractivity contribution in [1.29, 1.82) is 0 Å². The van der Waals surface area contributed by atoms with Crippen LogP contribution in [0.25, 0.3) is 21.8 Å². The number of nitrogens with zero attached hydrogens (tertiary/aromatic N) is 1. The van der Waals surface area contributed by atoms with Crippen molar-refractivity contribution < 1.29 is 13.9 Å². The van der Waals surface area contributed by atoms with Crippen molar-refractivity contribution in [3.63, 3.8) is 0 Å². The summed E-state index contributed by atoms with van der Waals surface area (Å²) in [5.41, 5.74) is 3.74. The van der Waals surface area contributed by atoms with E-state index in [1.54, 1.807) is 18.2 Å². The van der Waals surface area contributed by atoms with Crippen molar-refractivity contribution in [3.8, 4) is 27.6 Å². The standard InChI is InChI=1S/C26H23FN2O2S/c1-17(2)18-11-13-19(14-12-18)31-15-25(30)28-23-10-6-4-8-21(23)24-16-32-26(29-24)20-7-3-5-9-22(20)27/h3-14,16-17H,15H2,1-2H3,(H,28,30). The molecule has 3 aromatic carbocycles. The maximum atomic E-state index is 14.1. The Hall–Kier alpha value is -3.51. The van der Waals surface area contributed by atoms with Crippen LogP contribution in [0.4, 0.5) is 10.1 Å². The normalized spacial score (nSPS) is 10.9. The predicted octanol–water partition coefficient (Wildman–Crippen LogP) is 6.76. The van der Waals surface area contributed by atoms with E-state index < -0.39 is 0 Å². The number of amides is 1. The zero-order valence-electron chi connectivity index (χ0n) is 17.8. The van der Waals surface area contributed by atoms with Gasteiger partial charge in [-0.2, -0.15) is 0 Å². The molecule has 0 aliphatic heterocycles. The second kappa shape index (κ2) is 9.75. The van der Waals surface area contributed by atoms with Gasteiger partial charge in [-0.1, -0.05) is 56.3 Å². The summed E-state index contributed by atoms with van der Waals surface area (Å²) < 4.78 is 19.7. The first-order valence-electron chi connectivity index (χ1n) is 10.3. The second-order valence-corrected chi connectivity index (χ2v) is 8.48. The molecule has 0 unspecified atom stereocenters. The average Bonchev–Trinajstić information content (AvgIpc) is 3.28. The number of rotatable bonds is 7. The molecular formula is C26H23FN2O2S. The first kappa shape index (κ1) is 21.7. The van der Waals surface area contributed by atoms with Gasteiger partial charge in [0.1, 0.15) is 16.6 Å². The highest BCUT2D eigenvalue weighted by Crippen LogP contribution is 2.33. The van der Waals surface area contributed by atoms with E-state index in [1.165, 1.54) is 23.0 Å². The van der Waals surface area contributed by atoms with Gasteiger partial charge >= 0.3 is 0 Å². The van der Waals surface area contributed by atoms with Gasteiger partial charge in [-0.05, 0) is 41.8 Å². The van der Waals surface area contributed by atoms with Crippen molar-refractivity contribution in [2.75, 3.05) is 11.9 Å². The first-order valence-corrected chi connectivity index (χ1v) is 11.2. The number of aromatic nitrogens is 1. The molecule has 0 aliphatic rings. The molecule has 32 heavy (non-hydrogen) atoms. The number of nitrogens with one attached hydrogen (secondary N) is 1. The molecule has 0 bridgehead atoms. The van der Waals surface area contributed by atoms with Crippen molar-refractivity contribution in [2.24, 2.45) is 0 Å². The van der Waals surface area contributed by atoms with Crippen molar-refractivity contribution in [3.05, 3.63) is 89.6 Å². The van der Waals surface area contributed by atoms with E-state index in [0.717, 1.165) is 5.56 Å². The molecule has 4 aromatic rings. The van der Waals surface area contributed by atoms with Crippen LogP contribution in [0.2, 0.25) is 0 Å². The predicted molar refractivity (Wildman–Crippen MR) is 128 cm³/mol. The van der Waals surface area contributed by atoms with Crippen molar-refractivity contribution in [1.82, 2.24) is 4.98 Å². The Morgan fingerprint density at radius 1 is 1.00 bits per heavy atom. The third kappa shape index (κ3) is 5.03. The van der Waals surface area contributed by atoms with E-state index in [1.807, 2.05) is 53.9 Å². The van der Waals surface area contributed by atoms with Gasteiger partial charge in [0.25, 0.3) is 5.91 Å². The van der Waals surface area contributed by atoms with Gasteiger partial charge in [0.05, 0.1) is 11.4 Å². The van der Waals surface area contributed by atoms with E-state index in [9.17, 15) is 9.18 Å². The molecule has 162 valence electrons. The molecule has 6 heteroatoms. The quantitative estimate of drug-likeness (QED) is 0.341. The van der Waals surface area contributed by atoms with Gasteiger partial charge < -0.3 is 10.1 Å². The van der Waals surface area contributed by atoms with Crippen LogP contribution in [0.1, 0.15) is 25.3 Å². The summed E-state index contributed by atoms with van der Waals surface area (Å²) in [6.07, 6.45) is 0. The number of anilines is 1. The van der Waals surface area contributed by atoms with Gasteiger partial charge in [-0.3, -0.25) is 4.79 Å². The van der Waals surface area contributed by atoms with Gasteiger partial charge in [0, 0.05) is 16.5 Å². The van der Waals surface area contributed by atoms with Gasteiger partial charge in [-0.15, -0.1) is 11.3 Å². The molecule has 4 nitrogen and oxygen atoms in total. The van der Waals surface area contributed by atoms with E-state index >= 15 is 0 Å². The van der Waals surface area contributed by atoms with E-state index in [0.29, 0.717) is 33.6 Å². The van der Waals surface area contributed by atoms with Crippen LogP contribution >= 0.6 is 11.3 Å². The van der Waals surface area contributed by atoms with Crippen molar-refractivity contribution in [2.45, 2.75) is 19.8 Å². The lowest BCUT2D eigenvalue weighted by molar-refractivity contribution is -0.118. The molecule has 1 heterocycles. The fourth-order valence-electron chi connectivity index (χ4n) is 3.26. The van der Waals surface area contributed by atoms with Crippen LogP contribution in [0.3, 0.4) is 0 Å². The molecule has 0 saturated heterocycles. The Labute approximate surface area is 190 Å². The lowest BCUT2D eigenvalue weighted by Crippen LogP contribution is -2.20. The number of carbonyl (C=O) groups excluding carboxylic acids is 1. The minimum Gasteiger partial charge on any atom is -0.484 e. The fourth-order valence-corrected chi connectivity index (χ4v) is 4.10. The van der Waals surface area contributed by atoms with Crippen LogP contribution in [-0.2, 0) is 4.79 Å². The molecule has 1 N–H and O–H groups in total. The fraction of sp³-hybridized carbons (Fsp3) is 0.154. The number of carbonyl (C=O) groups is 1.